The van der Waals surface area contributed by atoms with Crippen molar-refractivity contribution >= 4 is 28.6 Å². The lowest BCUT2D eigenvalue weighted by atomic mass is 10.3. The SMILES string of the molecule is Cc1nc(-c2ccsc2)sc1C(=O)N(C)Cc1cnn(-c2ccccc2)c1. The summed E-state index contributed by atoms with van der Waals surface area (Å²) in [5.74, 6) is -0.0149. The Morgan fingerprint density at radius 1 is 1.22 bits per heavy atom. The highest BCUT2D eigenvalue weighted by molar-refractivity contribution is 7.17. The highest BCUT2D eigenvalue weighted by Crippen LogP contribution is 2.30. The van der Waals surface area contributed by atoms with Gasteiger partial charge in [0, 0.05) is 36.3 Å². The monoisotopic (exact) mass is 394 g/mol. The minimum Gasteiger partial charge on any atom is -0.337 e. The Kier molecular flexibility index (Phi) is 4.87. The number of thiazole rings is 1. The van der Waals surface area contributed by atoms with Crippen LogP contribution in [0.2, 0.25) is 0 Å². The molecule has 1 amide bonds. The summed E-state index contributed by atoms with van der Waals surface area (Å²) < 4.78 is 1.82. The third-order valence-corrected chi connectivity index (χ3v) is 6.06. The lowest BCUT2D eigenvalue weighted by Gasteiger charge is -2.15. The van der Waals surface area contributed by atoms with Crippen molar-refractivity contribution in [2.75, 3.05) is 7.05 Å². The molecule has 0 N–H and O–H groups in total. The van der Waals surface area contributed by atoms with Crippen LogP contribution in [0.25, 0.3) is 16.3 Å². The number of hydrogen-bond donors (Lipinski definition) is 0. The van der Waals surface area contributed by atoms with Crippen molar-refractivity contribution in [2.24, 2.45) is 0 Å². The molecule has 5 nitrogen and oxygen atoms in total. The van der Waals surface area contributed by atoms with Crippen molar-refractivity contribution in [1.82, 2.24) is 19.7 Å². The predicted octanol–water partition coefficient (Wildman–Crippen LogP) is 4.64. The number of aryl methyl sites for hydroxylation is 1. The normalized spacial score (nSPS) is 10.9. The molecule has 0 aliphatic carbocycles. The smallest absolute Gasteiger partial charge is 0.265 e. The number of thiophene rings is 1. The van der Waals surface area contributed by atoms with E-state index in [0.717, 1.165) is 27.5 Å². The van der Waals surface area contributed by atoms with Crippen LogP contribution in [-0.2, 0) is 6.54 Å². The molecule has 1 aromatic carbocycles. The Hall–Kier alpha value is -2.77. The third kappa shape index (κ3) is 3.70. The minimum atomic E-state index is -0.0149. The van der Waals surface area contributed by atoms with Gasteiger partial charge in [0.1, 0.15) is 9.88 Å². The number of para-hydroxylation sites is 1. The summed E-state index contributed by atoms with van der Waals surface area (Å²) in [4.78, 5) is 19.9. The molecule has 3 aromatic heterocycles. The fourth-order valence-corrected chi connectivity index (χ4v) is 4.56. The van der Waals surface area contributed by atoms with E-state index in [0.29, 0.717) is 11.4 Å². The summed E-state index contributed by atoms with van der Waals surface area (Å²) in [5.41, 5.74) is 3.82. The lowest BCUT2D eigenvalue weighted by Crippen LogP contribution is -2.25. The zero-order chi connectivity index (χ0) is 18.8. The van der Waals surface area contributed by atoms with Gasteiger partial charge in [-0.1, -0.05) is 18.2 Å². The van der Waals surface area contributed by atoms with Crippen LogP contribution in [0.1, 0.15) is 20.9 Å². The van der Waals surface area contributed by atoms with Gasteiger partial charge >= 0.3 is 0 Å². The molecule has 27 heavy (non-hydrogen) atoms. The Morgan fingerprint density at radius 3 is 2.78 bits per heavy atom. The second kappa shape index (κ2) is 7.46. The van der Waals surface area contributed by atoms with Gasteiger partial charge in [0.2, 0.25) is 0 Å². The highest BCUT2D eigenvalue weighted by atomic mass is 32.1. The van der Waals surface area contributed by atoms with Gasteiger partial charge in [-0.15, -0.1) is 11.3 Å². The minimum absolute atomic E-state index is 0.0149. The molecule has 0 spiro atoms. The number of carbonyl (C=O) groups is 1. The summed E-state index contributed by atoms with van der Waals surface area (Å²) in [6, 6.07) is 11.9. The van der Waals surface area contributed by atoms with Crippen molar-refractivity contribution in [3.8, 4) is 16.3 Å². The first-order valence-electron chi connectivity index (χ1n) is 8.46. The molecule has 0 aliphatic heterocycles. The van der Waals surface area contributed by atoms with E-state index in [2.05, 4.69) is 10.1 Å². The summed E-state index contributed by atoms with van der Waals surface area (Å²) >= 11 is 3.08. The van der Waals surface area contributed by atoms with Gasteiger partial charge in [-0.2, -0.15) is 16.4 Å². The zero-order valence-corrected chi connectivity index (χ0v) is 16.6. The van der Waals surface area contributed by atoms with E-state index in [4.69, 9.17) is 0 Å². The maximum absolute atomic E-state index is 12.9. The van der Waals surface area contributed by atoms with Crippen molar-refractivity contribution in [2.45, 2.75) is 13.5 Å². The molecule has 0 saturated carbocycles. The Morgan fingerprint density at radius 2 is 2.04 bits per heavy atom. The van der Waals surface area contributed by atoms with Crippen LogP contribution in [0.3, 0.4) is 0 Å². The first-order valence-corrected chi connectivity index (χ1v) is 10.2. The lowest BCUT2D eigenvalue weighted by molar-refractivity contribution is 0.0789. The van der Waals surface area contributed by atoms with Crippen LogP contribution in [0.15, 0.2) is 59.6 Å². The van der Waals surface area contributed by atoms with Crippen molar-refractivity contribution in [3.63, 3.8) is 0 Å². The maximum atomic E-state index is 12.9. The molecule has 0 fully saturated rings. The summed E-state index contributed by atoms with van der Waals surface area (Å²) in [7, 11) is 1.81. The van der Waals surface area contributed by atoms with Crippen LogP contribution in [0.4, 0.5) is 0 Å². The topological polar surface area (TPSA) is 51.0 Å². The number of hydrogen-bond acceptors (Lipinski definition) is 5. The van der Waals surface area contributed by atoms with Gasteiger partial charge in [0.05, 0.1) is 17.6 Å². The van der Waals surface area contributed by atoms with Gasteiger partial charge in [0.15, 0.2) is 0 Å². The molecular weight excluding hydrogens is 376 g/mol. The third-order valence-electron chi connectivity index (χ3n) is 4.18. The largest absolute Gasteiger partial charge is 0.337 e. The van der Waals surface area contributed by atoms with Gasteiger partial charge in [-0.25, -0.2) is 9.67 Å². The van der Waals surface area contributed by atoms with Gasteiger partial charge in [0.25, 0.3) is 5.91 Å². The van der Waals surface area contributed by atoms with Crippen LogP contribution >= 0.6 is 22.7 Å². The second-order valence-corrected chi connectivity index (χ2v) is 8.01. The Balaban J connectivity index is 1.50. The molecule has 4 aromatic rings. The summed E-state index contributed by atoms with van der Waals surface area (Å²) in [6.07, 6.45) is 3.75. The average Bonchev–Trinajstić information content (AvgIpc) is 3.42. The number of rotatable bonds is 5. The average molecular weight is 395 g/mol. The number of benzene rings is 1. The van der Waals surface area contributed by atoms with Crippen molar-refractivity contribution < 1.29 is 4.79 Å². The molecule has 0 aliphatic rings. The number of carbonyl (C=O) groups excluding carboxylic acids is 1. The quantitative estimate of drug-likeness (QED) is 0.496. The summed E-state index contributed by atoms with van der Waals surface area (Å²) in [6.45, 7) is 2.39. The molecule has 3 heterocycles. The molecule has 136 valence electrons. The maximum Gasteiger partial charge on any atom is 0.265 e. The molecule has 0 bridgehead atoms. The highest BCUT2D eigenvalue weighted by Gasteiger charge is 2.20. The van der Waals surface area contributed by atoms with Crippen LogP contribution < -0.4 is 0 Å². The molecule has 4 rings (SSSR count). The molecule has 0 unspecified atom stereocenters. The number of aromatic nitrogens is 3. The van der Waals surface area contributed by atoms with Crippen LogP contribution in [-0.4, -0.2) is 32.6 Å². The standard InChI is InChI=1S/C20H18N4OS2/c1-14-18(27-19(22-14)16-8-9-26-13-16)20(25)23(2)11-15-10-21-24(12-15)17-6-4-3-5-7-17/h3-10,12-13H,11H2,1-2H3. The molecule has 0 saturated heterocycles. The van der Waals surface area contributed by atoms with E-state index >= 15 is 0 Å². The van der Waals surface area contributed by atoms with Crippen molar-refractivity contribution in [1.29, 1.82) is 0 Å². The molecular formula is C20H18N4OS2. The fourth-order valence-electron chi connectivity index (χ4n) is 2.79. The van der Waals surface area contributed by atoms with Crippen LogP contribution in [0.5, 0.6) is 0 Å². The van der Waals surface area contributed by atoms with Crippen LogP contribution in [0, 0.1) is 6.92 Å². The first kappa shape index (κ1) is 17.6. The van der Waals surface area contributed by atoms with Gasteiger partial charge in [-0.05, 0) is 30.5 Å². The van der Waals surface area contributed by atoms with E-state index in [-0.39, 0.29) is 5.91 Å². The number of nitrogens with zero attached hydrogens (tertiary/aromatic N) is 4. The van der Waals surface area contributed by atoms with E-state index in [1.807, 2.05) is 72.0 Å². The van der Waals surface area contributed by atoms with E-state index in [1.54, 1.807) is 22.4 Å². The molecule has 0 radical (unpaired) electrons. The summed E-state index contributed by atoms with van der Waals surface area (Å²) in [5, 5.41) is 9.36. The Labute approximate surface area is 165 Å². The van der Waals surface area contributed by atoms with E-state index in [9.17, 15) is 4.79 Å². The van der Waals surface area contributed by atoms with Gasteiger partial charge in [-0.3, -0.25) is 4.79 Å². The first-order chi connectivity index (χ1) is 13.1. The number of amides is 1. The van der Waals surface area contributed by atoms with E-state index < -0.39 is 0 Å². The zero-order valence-electron chi connectivity index (χ0n) is 15.0. The fraction of sp³-hybridized carbons (Fsp3) is 0.150. The van der Waals surface area contributed by atoms with Crippen molar-refractivity contribution in [3.05, 3.63) is 75.7 Å². The molecule has 0 atom stereocenters. The second-order valence-electron chi connectivity index (χ2n) is 6.24. The molecule has 7 heteroatoms. The van der Waals surface area contributed by atoms with Gasteiger partial charge < -0.3 is 4.90 Å². The predicted molar refractivity (Wildman–Crippen MR) is 110 cm³/mol. The van der Waals surface area contributed by atoms with E-state index in [1.165, 1.54) is 11.3 Å². The Bertz CT molecular complexity index is 1050.